The molecule has 0 unspecified atom stereocenters. The lowest BCUT2D eigenvalue weighted by molar-refractivity contribution is -0.384. The summed E-state index contributed by atoms with van der Waals surface area (Å²) in [5, 5.41) is 13.7. The van der Waals surface area contributed by atoms with Crippen LogP contribution in [0.5, 0.6) is 0 Å². The second-order valence-corrected chi connectivity index (χ2v) is 4.07. The number of nitro groups is 1. The SMILES string of the molecule is CC1CC(Nc2cc([N+](=O)[O-])ccn2)C1. The van der Waals surface area contributed by atoms with Crippen molar-refractivity contribution in [3.05, 3.63) is 28.4 Å². The van der Waals surface area contributed by atoms with E-state index in [0.29, 0.717) is 11.9 Å². The van der Waals surface area contributed by atoms with Gasteiger partial charge in [0, 0.05) is 18.3 Å². The first-order valence-corrected chi connectivity index (χ1v) is 5.02. The summed E-state index contributed by atoms with van der Waals surface area (Å²) in [5.74, 6) is 1.35. The lowest BCUT2D eigenvalue weighted by Crippen LogP contribution is -2.34. The summed E-state index contributed by atoms with van der Waals surface area (Å²) in [6.45, 7) is 2.19. The van der Waals surface area contributed by atoms with Gasteiger partial charge in [0.2, 0.25) is 0 Å². The average Bonchev–Trinajstić information content (AvgIpc) is 2.16. The predicted molar refractivity (Wildman–Crippen MR) is 56.7 cm³/mol. The van der Waals surface area contributed by atoms with Crippen molar-refractivity contribution < 1.29 is 4.92 Å². The van der Waals surface area contributed by atoms with Crippen molar-refractivity contribution in [1.82, 2.24) is 4.98 Å². The highest BCUT2D eigenvalue weighted by Gasteiger charge is 2.25. The van der Waals surface area contributed by atoms with Gasteiger partial charge < -0.3 is 5.32 Å². The first kappa shape index (κ1) is 9.89. The molecule has 1 aliphatic rings. The molecule has 5 nitrogen and oxygen atoms in total. The molecule has 0 bridgehead atoms. The number of pyridine rings is 1. The molecule has 0 radical (unpaired) electrons. The van der Waals surface area contributed by atoms with E-state index in [1.54, 1.807) is 0 Å². The molecule has 15 heavy (non-hydrogen) atoms. The molecule has 0 amide bonds. The lowest BCUT2D eigenvalue weighted by Gasteiger charge is -2.33. The maximum Gasteiger partial charge on any atom is 0.274 e. The van der Waals surface area contributed by atoms with Crippen molar-refractivity contribution in [3.8, 4) is 0 Å². The van der Waals surface area contributed by atoms with Gasteiger partial charge in [-0.15, -0.1) is 0 Å². The third kappa shape index (κ3) is 2.23. The van der Waals surface area contributed by atoms with Crippen LogP contribution in [0.25, 0.3) is 0 Å². The van der Waals surface area contributed by atoms with Crippen LogP contribution < -0.4 is 5.32 Å². The zero-order chi connectivity index (χ0) is 10.8. The molecule has 1 aromatic rings. The Balaban J connectivity index is 2.02. The number of nitrogens with zero attached hydrogens (tertiary/aromatic N) is 2. The predicted octanol–water partition coefficient (Wildman–Crippen LogP) is 2.20. The van der Waals surface area contributed by atoms with Gasteiger partial charge in [0.1, 0.15) is 5.82 Å². The van der Waals surface area contributed by atoms with Crippen LogP contribution in [0.2, 0.25) is 0 Å². The Hall–Kier alpha value is -1.65. The first-order valence-electron chi connectivity index (χ1n) is 5.02. The van der Waals surface area contributed by atoms with Crippen molar-refractivity contribution in [1.29, 1.82) is 0 Å². The third-order valence-electron chi connectivity index (χ3n) is 2.68. The van der Waals surface area contributed by atoms with Crippen molar-refractivity contribution in [2.45, 2.75) is 25.8 Å². The van der Waals surface area contributed by atoms with Crippen molar-refractivity contribution in [3.63, 3.8) is 0 Å². The molecule has 0 aromatic carbocycles. The van der Waals surface area contributed by atoms with Crippen LogP contribution in [-0.2, 0) is 0 Å². The highest BCUT2D eigenvalue weighted by Crippen LogP contribution is 2.29. The molecule has 0 spiro atoms. The van der Waals surface area contributed by atoms with Gasteiger partial charge in [-0.3, -0.25) is 10.1 Å². The Kier molecular flexibility index (Phi) is 2.53. The van der Waals surface area contributed by atoms with E-state index in [2.05, 4.69) is 17.2 Å². The largest absolute Gasteiger partial charge is 0.367 e. The average molecular weight is 207 g/mol. The molecular weight excluding hydrogens is 194 g/mol. The Bertz CT molecular complexity index is 375. The zero-order valence-corrected chi connectivity index (χ0v) is 8.51. The topological polar surface area (TPSA) is 68.1 Å². The van der Waals surface area contributed by atoms with Crippen molar-refractivity contribution >= 4 is 11.5 Å². The highest BCUT2D eigenvalue weighted by molar-refractivity contribution is 5.45. The van der Waals surface area contributed by atoms with Gasteiger partial charge in [0.15, 0.2) is 0 Å². The van der Waals surface area contributed by atoms with Crippen LogP contribution in [0, 0.1) is 16.0 Å². The minimum atomic E-state index is -0.406. The Morgan fingerprint density at radius 1 is 1.60 bits per heavy atom. The van der Waals surface area contributed by atoms with E-state index in [0.717, 1.165) is 18.8 Å². The molecule has 1 N–H and O–H groups in total. The summed E-state index contributed by atoms with van der Waals surface area (Å²) in [4.78, 5) is 14.2. The fourth-order valence-electron chi connectivity index (χ4n) is 1.84. The number of anilines is 1. The second-order valence-electron chi connectivity index (χ2n) is 4.07. The maximum absolute atomic E-state index is 10.5. The first-order chi connectivity index (χ1) is 7.15. The Morgan fingerprint density at radius 3 is 2.93 bits per heavy atom. The van der Waals surface area contributed by atoms with E-state index in [9.17, 15) is 10.1 Å². The summed E-state index contributed by atoms with van der Waals surface area (Å²) in [5.41, 5.74) is 0.0832. The number of nitrogens with one attached hydrogen (secondary N) is 1. The quantitative estimate of drug-likeness (QED) is 0.609. The van der Waals surface area contributed by atoms with Gasteiger partial charge in [-0.2, -0.15) is 0 Å². The summed E-state index contributed by atoms with van der Waals surface area (Å²) >= 11 is 0. The molecule has 2 rings (SSSR count). The van der Waals surface area contributed by atoms with Gasteiger partial charge in [-0.25, -0.2) is 4.98 Å². The van der Waals surface area contributed by atoms with Gasteiger partial charge in [0.05, 0.1) is 11.0 Å². The van der Waals surface area contributed by atoms with Crippen LogP contribution in [0.3, 0.4) is 0 Å². The monoisotopic (exact) mass is 207 g/mol. The van der Waals surface area contributed by atoms with E-state index >= 15 is 0 Å². The minimum Gasteiger partial charge on any atom is -0.367 e. The fraction of sp³-hybridized carbons (Fsp3) is 0.500. The summed E-state index contributed by atoms with van der Waals surface area (Å²) in [6, 6.07) is 3.30. The normalized spacial score (nSPS) is 24.3. The van der Waals surface area contributed by atoms with Gasteiger partial charge in [-0.05, 0) is 18.8 Å². The maximum atomic E-state index is 10.5. The number of hydrogen-bond acceptors (Lipinski definition) is 4. The van der Waals surface area contributed by atoms with Gasteiger partial charge in [0.25, 0.3) is 5.69 Å². The molecule has 5 heteroatoms. The van der Waals surface area contributed by atoms with Crippen LogP contribution in [0.1, 0.15) is 19.8 Å². The molecule has 80 valence electrons. The Morgan fingerprint density at radius 2 is 2.33 bits per heavy atom. The standard InChI is InChI=1S/C10H13N3O2/c1-7-4-8(5-7)12-10-6-9(13(14)15)2-3-11-10/h2-3,6-8H,4-5H2,1H3,(H,11,12). The van der Waals surface area contributed by atoms with Gasteiger partial charge in [-0.1, -0.05) is 6.92 Å². The highest BCUT2D eigenvalue weighted by atomic mass is 16.6. The zero-order valence-electron chi connectivity index (χ0n) is 8.51. The number of hydrogen-bond donors (Lipinski definition) is 1. The van der Waals surface area contributed by atoms with Crippen LogP contribution in [0.15, 0.2) is 18.3 Å². The number of aromatic nitrogens is 1. The van der Waals surface area contributed by atoms with Crippen LogP contribution in [0.4, 0.5) is 11.5 Å². The van der Waals surface area contributed by atoms with Crippen molar-refractivity contribution in [2.75, 3.05) is 5.32 Å². The molecule has 1 aliphatic carbocycles. The summed E-state index contributed by atoms with van der Waals surface area (Å²) in [7, 11) is 0. The molecule has 0 aliphatic heterocycles. The fourth-order valence-corrected chi connectivity index (χ4v) is 1.84. The van der Waals surface area contributed by atoms with Crippen molar-refractivity contribution in [2.24, 2.45) is 5.92 Å². The third-order valence-corrected chi connectivity index (χ3v) is 2.68. The van der Waals surface area contributed by atoms with E-state index in [1.165, 1.54) is 18.3 Å². The van der Waals surface area contributed by atoms with E-state index < -0.39 is 4.92 Å². The number of rotatable bonds is 3. The van der Waals surface area contributed by atoms with E-state index in [-0.39, 0.29) is 5.69 Å². The molecule has 1 fully saturated rings. The molecule has 1 saturated carbocycles. The summed E-state index contributed by atoms with van der Waals surface area (Å²) < 4.78 is 0. The lowest BCUT2D eigenvalue weighted by atomic mass is 9.82. The van der Waals surface area contributed by atoms with Gasteiger partial charge >= 0.3 is 0 Å². The van der Waals surface area contributed by atoms with Crippen LogP contribution in [-0.4, -0.2) is 15.9 Å². The van der Waals surface area contributed by atoms with E-state index in [1.807, 2.05) is 0 Å². The van der Waals surface area contributed by atoms with E-state index in [4.69, 9.17) is 0 Å². The second kappa shape index (κ2) is 3.84. The molecule has 0 saturated heterocycles. The van der Waals surface area contributed by atoms with Crippen LogP contribution >= 0.6 is 0 Å². The molecule has 1 heterocycles. The molecular formula is C10H13N3O2. The Labute approximate surface area is 87.7 Å². The summed E-state index contributed by atoms with van der Waals surface area (Å²) in [6.07, 6.45) is 3.69. The molecule has 0 atom stereocenters. The molecule has 1 aromatic heterocycles. The minimum absolute atomic E-state index is 0.0832. The smallest absolute Gasteiger partial charge is 0.274 e.